The summed E-state index contributed by atoms with van der Waals surface area (Å²) in [4.78, 5) is 10.3. The molecule has 4 N–H and O–H groups in total. The molecule has 1 rings (SSSR count). The topological polar surface area (TPSA) is 107 Å². The third-order valence-corrected chi connectivity index (χ3v) is 1.65. The van der Waals surface area contributed by atoms with E-state index in [-0.39, 0.29) is 172 Å². The van der Waals surface area contributed by atoms with Gasteiger partial charge in [-0.05, 0) is 0 Å². The summed E-state index contributed by atoms with van der Waals surface area (Å²) in [6.45, 7) is 0. The fourth-order valence-corrected chi connectivity index (χ4v) is 0.670. The summed E-state index contributed by atoms with van der Waals surface area (Å²) in [6, 6.07) is 0. The minimum Gasteiger partial charge on any atom is -0.715 e. The first kappa shape index (κ1) is 37.9. The van der Waals surface area contributed by atoms with E-state index in [2.05, 4.69) is 12.8 Å². The Balaban J connectivity index is -0.0000000346. The van der Waals surface area contributed by atoms with Crippen molar-refractivity contribution in [1.29, 1.82) is 0 Å². The average molecular weight is 935 g/mol. The molecule has 0 amide bonds. The van der Waals surface area contributed by atoms with E-state index < -0.39 is 12.3 Å². The van der Waals surface area contributed by atoms with Crippen LogP contribution >= 0.6 is 23.2 Å². The van der Waals surface area contributed by atoms with Gasteiger partial charge in [-0.15, -0.1) is 0 Å². The van der Waals surface area contributed by atoms with Gasteiger partial charge in [-0.1, -0.05) is 23.2 Å². The molecule has 0 spiro atoms. The standard InChI is InChI=1S/C4H2Cl2O3.3Ac.BHO.Na.H2O2/c5-1-2(6)4(8)9-3(1)7;;;;1-2;;1-2/h3,7H;;;;2H;;1-2H/q;;;;-1;+1;. The van der Waals surface area contributed by atoms with Gasteiger partial charge in [0.1, 0.15) is 10.1 Å². The number of aliphatic hydroxyl groups excluding tert-OH is 1. The van der Waals surface area contributed by atoms with Crippen LogP contribution in [0.15, 0.2) is 10.1 Å². The van der Waals surface area contributed by atoms with E-state index in [1.54, 1.807) is 0 Å². The van der Waals surface area contributed by atoms with Crippen molar-refractivity contribution in [3.63, 3.8) is 0 Å². The summed E-state index contributed by atoms with van der Waals surface area (Å²) in [5.41, 5.74) is 0. The van der Waals surface area contributed by atoms with Crippen molar-refractivity contribution in [1.82, 2.24) is 0 Å². The quantitative estimate of drug-likeness (QED) is 0.0877. The molecule has 0 saturated carbocycles. The molecule has 84 valence electrons. The normalized spacial score (nSPS) is 15.0. The molecular weight excluding hydrogens is 930 g/mol. The van der Waals surface area contributed by atoms with Gasteiger partial charge in [0, 0.05) is 132 Å². The Bertz CT molecular complexity index is 212. The van der Waals surface area contributed by atoms with Crippen LogP contribution in [-0.2, 0) is 9.53 Å². The molecule has 0 fully saturated rings. The van der Waals surface area contributed by atoms with Crippen LogP contribution in [0.25, 0.3) is 0 Å². The van der Waals surface area contributed by atoms with Crippen molar-refractivity contribution in [2.24, 2.45) is 0 Å². The maximum atomic E-state index is 10.3. The zero-order chi connectivity index (χ0) is 11.0. The number of cyclic esters (lactones) is 1. The maximum Gasteiger partial charge on any atom is 1.00 e. The van der Waals surface area contributed by atoms with Crippen molar-refractivity contribution in [2.45, 2.75) is 6.29 Å². The molecular formula is C4H5Ac3BCl2NaO6. The smallest absolute Gasteiger partial charge is 0.715 e. The van der Waals surface area contributed by atoms with Crippen LogP contribution in [0.5, 0.6) is 0 Å². The number of hydrogen-bond donors (Lipinski definition) is 4. The summed E-state index contributed by atoms with van der Waals surface area (Å²) < 4.78 is 4.16. The van der Waals surface area contributed by atoms with E-state index in [1.807, 2.05) is 0 Å². The summed E-state index contributed by atoms with van der Waals surface area (Å²) in [6.07, 6.45) is -1.37. The molecule has 1 heterocycles. The molecule has 0 aliphatic carbocycles. The predicted octanol–water partition coefficient (Wildman–Crippen LogP) is -3.37. The van der Waals surface area contributed by atoms with Crippen molar-refractivity contribution in [3.05, 3.63) is 10.1 Å². The van der Waals surface area contributed by atoms with E-state index in [0.29, 0.717) is 0 Å². The van der Waals surface area contributed by atoms with Crippen LogP contribution in [0.1, 0.15) is 0 Å². The first-order valence-electron chi connectivity index (χ1n) is 2.53. The van der Waals surface area contributed by atoms with Gasteiger partial charge in [0.25, 0.3) is 0 Å². The SMILES string of the molecule is O=C1OC(O)C(Cl)=C1Cl.OO.[Ac].[Ac].[Ac].[B-]O.[Na+]. The molecule has 1 aliphatic heterocycles. The molecule has 0 aromatic rings. The van der Waals surface area contributed by atoms with Gasteiger partial charge in [-0.25, -0.2) is 4.79 Å². The average Bonchev–Trinajstić information content (AvgIpc) is 2.40. The van der Waals surface area contributed by atoms with Gasteiger partial charge in [-0.3, -0.25) is 10.5 Å². The largest absolute Gasteiger partial charge is 1.00 e. The van der Waals surface area contributed by atoms with Gasteiger partial charge >= 0.3 is 35.5 Å². The first-order valence-corrected chi connectivity index (χ1v) is 3.28. The molecule has 1 aliphatic rings. The Morgan fingerprint density at radius 2 is 1.41 bits per heavy atom. The molecule has 1 atom stereocenters. The number of ether oxygens (including phenoxy) is 1. The maximum absolute atomic E-state index is 10.3. The fraction of sp³-hybridized carbons (Fsp3) is 0.250. The number of esters is 1. The van der Waals surface area contributed by atoms with Gasteiger partial charge in [0.2, 0.25) is 6.29 Å². The van der Waals surface area contributed by atoms with E-state index >= 15 is 0 Å². The summed E-state index contributed by atoms with van der Waals surface area (Å²) in [5, 5.41) is 26.7. The zero-order valence-corrected chi connectivity index (χ0v) is 26.5. The number of carbonyl (C=O) groups excluding carboxylic acids is 1. The Morgan fingerprint density at radius 1 is 1.12 bits per heavy atom. The molecule has 13 heteroatoms. The summed E-state index contributed by atoms with van der Waals surface area (Å²) >= 11 is 10.5. The number of halogens is 2. The Hall–Kier alpha value is 5.02. The summed E-state index contributed by atoms with van der Waals surface area (Å²) in [5.74, 6) is -0.783. The minimum atomic E-state index is -1.37. The third-order valence-electron chi connectivity index (χ3n) is 0.824. The second kappa shape index (κ2) is 25.9. The Kier molecular flexibility index (Phi) is 57.9. The van der Waals surface area contributed by atoms with Crippen LogP contribution in [0.4, 0.5) is 0 Å². The molecule has 6 nitrogen and oxygen atoms in total. The van der Waals surface area contributed by atoms with Crippen molar-refractivity contribution >= 4 is 37.2 Å². The van der Waals surface area contributed by atoms with Crippen molar-refractivity contribution in [3.8, 4) is 0 Å². The van der Waals surface area contributed by atoms with Gasteiger partial charge in [0.15, 0.2) is 0 Å². The molecule has 0 aromatic carbocycles. The third kappa shape index (κ3) is 17.2. The van der Waals surface area contributed by atoms with Crippen LogP contribution in [-0.4, -0.2) is 41.0 Å². The van der Waals surface area contributed by atoms with Crippen LogP contribution < -0.4 is 29.6 Å². The first-order chi connectivity index (χ1) is 6.13. The second-order valence-electron chi connectivity index (χ2n) is 1.42. The van der Waals surface area contributed by atoms with Crippen molar-refractivity contribution in [2.75, 3.05) is 0 Å². The summed E-state index contributed by atoms with van der Waals surface area (Å²) in [7, 11) is 3.50. The molecule has 17 heavy (non-hydrogen) atoms. The van der Waals surface area contributed by atoms with E-state index in [1.165, 1.54) is 0 Å². The van der Waals surface area contributed by atoms with Crippen LogP contribution in [0.2, 0.25) is 0 Å². The molecule has 0 saturated heterocycles. The van der Waals surface area contributed by atoms with E-state index in [4.69, 9.17) is 43.8 Å². The van der Waals surface area contributed by atoms with Gasteiger partial charge in [-0.2, -0.15) is 0 Å². The molecule has 6 radical (unpaired) electrons. The number of hydrogen-bond acceptors (Lipinski definition) is 6. The zero-order valence-electron chi connectivity index (χ0n) is 8.75. The monoisotopic (exact) mass is 934 g/mol. The predicted molar refractivity (Wildman–Crippen MR) is 44.1 cm³/mol. The number of aliphatic hydroxyl groups is 1. The van der Waals surface area contributed by atoms with Crippen LogP contribution in [0, 0.1) is 132 Å². The van der Waals surface area contributed by atoms with Crippen molar-refractivity contribution < 1.29 is 192 Å². The molecule has 0 bridgehead atoms. The molecule has 0 aromatic heterocycles. The fourth-order valence-electron chi connectivity index (χ4n) is 0.411. The minimum absolute atomic E-state index is 0. The molecule has 1 unspecified atom stereocenters. The van der Waals surface area contributed by atoms with Crippen LogP contribution in [0.3, 0.4) is 0 Å². The Labute approximate surface area is 239 Å². The van der Waals surface area contributed by atoms with Gasteiger partial charge < -0.3 is 22.9 Å². The number of rotatable bonds is 0. The van der Waals surface area contributed by atoms with Gasteiger partial charge in [0.05, 0.1) is 0 Å². The number of carbonyl (C=O) groups is 1. The second-order valence-corrected chi connectivity index (χ2v) is 2.20. The van der Waals surface area contributed by atoms with E-state index in [0.717, 1.165) is 0 Å². The Morgan fingerprint density at radius 3 is 1.47 bits per heavy atom. The van der Waals surface area contributed by atoms with E-state index in [9.17, 15) is 4.79 Å².